The highest BCUT2D eigenvalue weighted by molar-refractivity contribution is 5.87. The number of esters is 1. The molecule has 0 saturated carbocycles. The van der Waals surface area contributed by atoms with E-state index in [-0.39, 0.29) is 25.3 Å². The van der Waals surface area contributed by atoms with E-state index in [0.717, 1.165) is 67.6 Å². The van der Waals surface area contributed by atoms with Gasteiger partial charge in [0.25, 0.3) is 0 Å². The summed E-state index contributed by atoms with van der Waals surface area (Å²) in [5, 5.41) is 3.70. The first-order valence-electron chi connectivity index (χ1n) is 14.5. The molecular formula is C36H41FN2O3. The Morgan fingerprint density at radius 3 is 2.33 bits per heavy atom. The quantitative estimate of drug-likeness (QED) is 0.178. The van der Waals surface area contributed by atoms with E-state index in [9.17, 15) is 9.18 Å². The molecule has 1 aliphatic rings. The zero-order chi connectivity index (χ0) is 28.4. The van der Waals surface area contributed by atoms with Gasteiger partial charge in [-0.25, -0.2) is 14.2 Å². The van der Waals surface area contributed by atoms with Crippen LogP contribution in [-0.2, 0) is 37.0 Å². The van der Waals surface area contributed by atoms with Crippen molar-refractivity contribution in [3.63, 3.8) is 0 Å². The highest BCUT2D eigenvalue weighted by Gasteiger charge is 2.22. The van der Waals surface area contributed by atoms with Crippen LogP contribution < -0.4 is 10.1 Å². The summed E-state index contributed by atoms with van der Waals surface area (Å²) >= 11 is 0. The van der Waals surface area contributed by atoms with E-state index in [1.54, 1.807) is 13.0 Å². The SMILES string of the molecule is C.CCOC(=O)c1ccc2c(n1)CCCC2NCCc1ccccc1OCc1ccc(CCc2ccc(F)cc2)cc1. The van der Waals surface area contributed by atoms with Gasteiger partial charge in [0.1, 0.15) is 23.9 Å². The van der Waals surface area contributed by atoms with Crippen LogP contribution in [-0.4, -0.2) is 24.1 Å². The van der Waals surface area contributed by atoms with Crippen LogP contribution in [0, 0.1) is 5.82 Å². The fraction of sp³-hybridized carbons (Fsp3) is 0.333. The van der Waals surface area contributed by atoms with Crippen LogP contribution in [0.5, 0.6) is 5.75 Å². The Bertz CT molecular complexity index is 1440. The molecule has 1 unspecified atom stereocenters. The second-order valence-corrected chi connectivity index (χ2v) is 10.4. The fourth-order valence-corrected chi connectivity index (χ4v) is 5.32. The van der Waals surface area contributed by atoms with E-state index in [2.05, 4.69) is 46.7 Å². The molecule has 220 valence electrons. The van der Waals surface area contributed by atoms with Crippen LogP contribution in [0.3, 0.4) is 0 Å². The number of para-hydroxylation sites is 1. The molecular weight excluding hydrogens is 527 g/mol. The summed E-state index contributed by atoms with van der Waals surface area (Å²) in [7, 11) is 0. The van der Waals surface area contributed by atoms with Gasteiger partial charge >= 0.3 is 5.97 Å². The standard InChI is InChI=1S/C35H37FN2O3.CH4/c1-2-40-35(39)33-21-20-30-31(7-5-8-32(30)38-33)37-23-22-28-6-3-4-9-34(28)41-24-27-14-12-25(13-15-27)10-11-26-16-18-29(36)19-17-26;/h3-4,6,9,12-21,31,37H,2,5,7-8,10-11,22-24H2,1H3;1H4. The predicted molar refractivity (Wildman–Crippen MR) is 165 cm³/mol. The predicted octanol–water partition coefficient (Wildman–Crippen LogP) is 7.61. The summed E-state index contributed by atoms with van der Waals surface area (Å²) in [5.41, 5.74) is 7.23. The van der Waals surface area contributed by atoms with Crippen LogP contribution in [0.4, 0.5) is 4.39 Å². The average molecular weight is 569 g/mol. The number of aryl methyl sites for hydroxylation is 3. The number of rotatable bonds is 12. The normalized spacial score (nSPS) is 14.0. The lowest BCUT2D eigenvalue weighted by Gasteiger charge is -2.26. The molecule has 1 aromatic heterocycles. The fourth-order valence-electron chi connectivity index (χ4n) is 5.32. The van der Waals surface area contributed by atoms with Crippen molar-refractivity contribution >= 4 is 5.97 Å². The first-order valence-corrected chi connectivity index (χ1v) is 14.5. The number of pyridine rings is 1. The lowest BCUT2D eigenvalue weighted by molar-refractivity contribution is 0.0519. The maximum Gasteiger partial charge on any atom is 0.356 e. The van der Waals surface area contributed by atoms with Gasteiger partial charge in [-0.15, -0.1) is 0 Å². The van der Waals surface area contributed by atoms with Crippen molar-refractivity contribution in [3.05, 3.63) is 130 Å². The molecule has 5 nitrogen and oxygen atoms in total. The van der Waals surface area contributed by atoms with Gasteiger partial charge in [0.05, 0.1) is 6.61 Å². The Hall–Kier alpha value is -4.03. The molecule has 1 N–H and O–H groups in total. The van der Waals surface area contributed by atoms with Crippen molar-refractivity contribution in [2.75, 3.05) is 13.2 Å². The Morgan fingerprint density at radius 1 is 0.905 bits per heavy atom. The highest BCUT2D eigenvalue weighted by atomic mass is 19.1. The molecule has 5 rings (SSSR count). The number of ether oxygens (including phenoxy) is 2. The zero-order valence-corrected chi connectivity index (χ0v) is 23.6. The number of benzene rings is 3. The number of fused-ring (bicyclic) bond motifs is 1. The molecule has 3 aromatic carbocycles. The third-order valence-electron chi connectivity index (χ3n) is 7.57. The maximum atomic E-state index is 13.1. The third-order valence-corrected chi connectivity index (χ3v) is 7.57. The van der Waals surface area contributed by atoms with Crippen molar-refractivity contribution < 1.29 is 18.7 Å². The molecule has 0 aliphatic heterocycles. The number of halogens is 1. The molecule has 1 aliphatic carbocycles. The average Bonchev–Trinajstić information content (AvgIpc) is 3.01. The molecule has 0 amide bonds. The minimum atomic E-state index is -0.361. The molecule has 0 spiro atoms. The van der Waals surface area contributed by atoms with Crippen molar-refractivity contribution in [1.82, 2.24) is 10.3 Å². The number of aromatic nitrogens is 1. The van der Waals surface area contributed by atoms with E-state index < -0.39 is 0 Å². The summed E-state index contributed by atoms with van der Waals surface area (Å²) in [6.07, 6.45) is 5.61. The van der Waals surface area contributed by atoms with Crippen molar-refractivity contribution in [1.29, 1.82) is 0 Å². The molecule has 0 radical (unpaired) electrons. The van der Waals surface area contributed by atoms with Gasteiger partial charge < -0.3 is 14.8 Å². The minimum Gasteiger partial charge on any atom is -0.489 e. The second kappa shape index (κ2) is 15.3. The first kappa shape index (κ1) is 30.9. The van der Waals surface area contributed by atoms with Crippen molar-refractivity contribution in [2.24, 2.45) is 0 Å². The Kier molecular flexibility index (Phi) is 11.2. The van der Waals surface area contributed by atoms with Crippen LogP contribution in [0.1, 0.15) is 77.2 Å². The summed E-state index contributed by atoms with van der Waals surface area (Å²) in [5.74, 6) is 0.342. The first-order chi connectivity index (χ1) is 20.1. The van der Waals surface area contributed by atoms with Crippen molar-refractivity contribution in [2.45, 2.75) is 65.5 Å². The number of hydrogen-bond donors (Lipinski definition) is 1. The van der Waals surface area contributed by atoms with E-state index in [1.807, 2.05) is 30.3 Å². The topological polar surface area (TPSA) is 60.5 Å². The third kappa shape index (κ3) is 8.26. The van der Waals surface area contributed by atoms with E-state index in [1.165, 1.54) is 28.8 Å². The van der Waals surface area contributed by atoms with E-state index in [0.29, 0.717) is 18.9 Å². The lowest BCUT2D eigenvalue weighted by Crippen LogP contribution is -2.28. The molecule has 4 aromatic rings. The number of nitrogens with zero attached hydrogens (tertiary/aromatic N) is 1. The van der Waals surface area contributed by atoms with Gasteiger partial charge in [-0.2, -0.15) is 0 Å². The second-order valence-electron chi connectivity index (χ2n) is 10.4. The number of hydrogen-bond acceptors (Lipinski definition) is 5. The Balaban J connectivity index is 0.00000405. The zero-order valence-electron chi connectivity index (χ0n) is 23.6. The number of carbonyl (C=O) groups excluding carboxylic acids is 1. The monoisotopic (exact) mass is 568 g/mol. The lowest BCUT2D eigenvalue weighted by atomic mass is 9.91. The van der Waals surface area contributed by atoms with Crippen LogP contribution in [0.25, 0.3) is 0 Å². The largest absolute Gasteiger partial charge is 0.489 e. The minimum absolute atomic E-state index is 0. The molecule has 42 heavy (non-hydrogen) atoms. The van der Waals surface area contributed by atoms with Gasteiger partial charge in [0, 0.05) is 11.7 Å². The molecule has 6 heteroatoms. The number of carbonyl (C=O) groups is 1. The van der Waals surface area contributed by atoms with Gasteiger partial charge in [-0.05, 0) is 104 Å². The molecule has 0 fully saturated rings. The summed E-state index contributed by atoms with van der Waals surface area (Å²) < 4.78 is 24.5. The van der Waals surface area contributed by atoms with E-state index >= 15 is 0 Å². The van der Waals surface area contributed by atoms with Gasteiger partial charge in [0.2, 0.25) is 0 Å². The molecule has 0 saturated heterocycles. The highest BCUT2D eigenvalue weighted by Crippen LogP contribution is 2.29. The van der Waals surface area contributed by atoms with Crippen LogP contribution >= 0.6 is 0 Å². The number of nitrogens with one attached hydrogen (secondary N) is 1. The Labute approximate surface area is 249 Å². The molecule has 1 heterocycles. The van der Waals surface area contributed by atoms with Crippen LogP contribution in [0.2, 0.25) is 0 Å². The van der Waals surface area contributed by atoms with Gasteiger partial charge in [-0.1, -0.05) is 68.1 Å². The molecule has 1 atom stereocenters. The maximum absolute atomic E-state index is 13.1. The smallest absolute Gasteiger partial charge is 0.356 e. The van der Waals surface area contributed by atoms with Crippen LogP contribution in [0.15, 0.2) is 84.9 Å². The molecule has 0 bridgehead atoms. The summed E-state index contributed by atoms with van der Waals surface area (Å²) in [6.45, 7) is 3.47. The van der Waals surface area contributed by atoms with Crippen molar-refractivity contribution in [3.8, 4) is 5.75 Å². The Morgan fingerprint density at radius 2 is 1.60 bits per heavy atom. The van der Waals surface area contributed by atoms with Gasteiger partial charge in [-0.3, -0.25) is 0 Å². The van der Waals surface area contributed by atoms with Gasteiger partial charge in [0.15, 0.2) is 0 Å². The van der Waals surface area contributed by atoms with E-state index in [4.69, 9.17) is 9.47 Å². The summed E-state index contributed by atoms with van der Waals surface area (Å²) in [4.78, 5) is 16.7. The summed E-state index contributed by atoms with van der Waals surface area (Å²) in [6, 6.07) is 27.5.